The largest absolute Gasteiger partial charge is 1.00 e. The summed E-state index contributed by atoms with van der Waals surface area (Å²) in [4.78, 5) is 74.6. The number of aromatic hydroxyl groups is 2. The number of carbonyl (C=O) groups is 5. The van der Waals surface area contributed by atoms with Crippen LogP contribution in [0.15, 0.2) is 28.2 Å². The minimum absolute atomic E-state index is 0. The van der Waals surface area contributed by atoms with Crippen molar-refractivity contribution >= 4 is 80.9 Å². The molecule has 21 nitrogen and oxygen atoms in total. The summed E-state index contributed by atoms with van der Waals surface area (Å²) in [5.74, 6) is -6.14. The van der Waals surface area contributed by atoms with Gasteiger partial charge in [-0.1, -0.05) is 16.8 Å². The van der Waals surface area contributed by atoms with E-state index in [1.165, 1.54) is 34.2 Å². The third-order valence-electron chi connectivity index (χ3n) is 8.73. The first-order valence-corrected chi connectivity index (χ1v) is 17.8. The van der Waals surface area contributed by atoms with E-state index in [4.69, 9.17) is 22.2 Å². The molecule has 2 aromatic heterocycles. The van der Waals surface area contributed by atoms with Crippen LogP contribution in [0.1, 0.15) is 28.3 Å². The summed E-state index contributed by atoms with van der Waals surface area (Å²) < 4.78 is 0.466. The van der Waals surface area contributed by atoms with Crippen molar-refractivity contribution in [2.24, 2.45) is 5.16 Å². The molecule has 0 spiro atoms. The SMILES string of the molecule is C[N+]1(CC2=C(c3nnn[n-]3)N3C(=O)[C@@H](NC(=O)/C(=N\O[C@@H](CC(=O)[O-])C(=O)[O-])c4csc(N)n4)[C@H]3SC2)CCN(C(=O)c2ccc(O)c(O)c2Cl)CC1.[Na+].[Na+]. The average molecular weight is 836 g/mol. The van der Waals surface area contributed by atoms with Crippen LogP contribution >= 0.6 is 34.7 Å². The molecule has 0 bridgehead atoms. The zero-order chi connectivity index (χ0) is 38.2. The Hall–Kier alpha value is -3.52. The summed E-state index contributed by atoms with van der Waals surface area (Å²) in [6, 6.07) is 1.44. The summed E-state index contributed by atoms with van der Waals surface area (Å²) in [6.07, 6.45) is -3.21. The van der Waals surface area contributed by atoms with Crippen LogP contribution in [0.5, 0.6) is 11.5 Å². The number of carboxylic acid groups (broad SMARTS) is 2. The number of quaternary nitrogens is 1. The molecule has 1 aromatic carbocycles. The first-order chi connectivity index (χ1) is 25.2. The Labute approximate surface area is 368 Å². The standard InChI is InChI=1S/C29H30ClN11O10S2.2Na/c1-41(6-4-39(5-7-41)25(47)13-2-3-15(42)22(45)18(13)30)9-12-10-52-27-20(26(48)40(27)21(12)23-34-37-38-35-23)33-24(46)19(14-11-53-29(31)32-14)36-51-16(28(49)50)8-17(43)44;;/h2-3,11,16,20,27H,4-10H2,1H3,(H7-,31,32,33,34,35,36,37,38,42,43,44,45,46,47,49,50);;/q;2*+1/p-2/t16-,20+,27+;;/m0../s1. The molecule has 5 N–H and O–H groups in total. The van der Waals surface area contributed by atoms with E-state index in [0.717, 1.165) is 16.9 Å². The van der Waals surface area contributed by atoms with Gasteiger partial charge in [-0.3, -0.25) is 29.6 Å². The van der Waals surface area contributed by atoms with Crippen LogP contribution in [0, 0.1) is 0 Å². The molecule has 3 aliphatic heterocycles. The molecule has 55 heavy (non-hydrogen) atoms. The Kier molecular flexibility index (Phi) is 14.6. The third-order valence-corrected chi connectivity index (χ3v) is 11.1. The molecule has 5 heterocycles. The van der Waals surface area contributed by atoms with Crippen molar-refractivity contribution in [1.82, 2.24) is 40.7 Å². The number of amides is 3. The van der Waals surface area contributed by atoms with Gasteiger partial charge in [-0.25, -0.2) is 4.98 Å². The number of aromatic nitrogens is 5. The van der Waals surface area contributed by atoms with Crippen molar-refractivity contribution in [1.29, 1.82) is 0 Å². The number of hydrogen-bond acceptors (Lipinski definition) is 18. The van der Waals surface area contributed by atoms with Crippen LogP contribution in [0.2, 0.25) is 5.02 Å². The predicted molar refractivity (Wildman–Crippen MR) is 179 cm³/mol. The van der Waals surface area contributed by atoms with Crippen molar-refractivity contribution < 1.29 is 113 Å². The van der Waals surface area contributed by atoms with E-state index in [1.807, 2.05) is 7.05 Å². The summed E-state index contributed by atoms with van der Waals surface area (Å²) in [5, 5.41) is 63.8. The maximum Gasteiger partial charge on any atom is 1.00 e. The quantitative estimate of drug-likeness (QED) is 0.0329. The van der Waals surface area contributed by atoms with Gasteiger partial charge in [0, 0.05) is 29.1 Å². The number of aliphatic carboxylic acids is 2. The second-order valence-corrected chi connectivity index (χ2v) is 14.7. The molecule has 6 rings (SSSR count). The van der Waals surface area contributed by atoms with E-state index in [2.05, 4.69) is 36.1 Å². The number of fused-ring (bicyclic) bond motifs is 1. The fourth-order valence-electron chi connectivity index (χ4n) is 5.96. The van der Waals surface area contributed by atoms with Crippen LogP contribution in [0.4, 0.5) is 5.13 Å². The van der Waals surface area contributed by atoms with E-state index in [9.17, 15) is 44.4 Å². The normalized spacial score (nSPS) is 19.6. The van der Waals surface area contributed by atoms with E-state index in [0.29, 0.717) is 48.7 Å². The maximum absolute atomic E-state index is 13.7. The van der Waals surface area contributed by atoms with Gasteiger partial charge in [-0.05, 0) is 12.1 Å². The number of nitrogens with zero attached hydrogens (tertiary/aromatic N) is 9. The number of nitrogens with one attached hydrogen (secondary N) is 1. The smallest absolute Gasteiger partial charge is 0.550 e. The molecular weight excluding hydrogens is 808 g/mol. The van der Waals surface area contributed by atoms with Crippen molar-refractivity contribution in [2.45, 2.75) is 23.9 Å². The summed E-state index contributed by atoms with van der Waals surface area (Å²) in [6.45, 7) is 2.13. The number of carbonyl (C=O) groups excluding carboxylic acids is 5. The summed E-state index contributed by atoms with van der Waals surface area (Å²) >= 11 is 8.42. The molecule has 3 aromatic rings. The third kappa shape index (κ3) is 9.38. The second kappa shape index (κ2) is 18.2. The monoisotopic (exact) mass is 835 g/mol. The van der Waals surface area contributed by atoms with Crippen LogP contribution < -0.4 is 85.5 Å². The van der Waals surface area contributed by atoms with Gasteiger partial charge in [0.05, 0.1) is 61.3 Å². The van der Waals surface area contributed by atoms with Crippen molar-refractivity contribution in [3.8, 4) is 11.5 Å². The Bertz CT molecular complexity index is 2050. The number of halogens is 1. The minimum atomic E-state index is -2.09. The fourth-order valence-corrected chi connectivity index (χ4v) is 8.08. The number of benzene rings is 1. The minimum Gasteiger partial charge on any atom is -0.550 e. The summed E-state index contributed by atoms with van der Waals surface area (Å²) in [7, 11) is 2.00. The number of thioether (sulfide) groups is 1. The van der Waals surface area contributed by atoms with Crippen molar-refractivity contribution in [2.75, 3.05) is 51.3 Å². The van der Waals surface area contributed by atoms with Crippen molar-refractivity contribution in [3.63, 3.8) is 0 Å². The predicted octanol–water partition coefficient (Wildman–Crippen LogP) is -9.67. The summed E-state index contributed by atoms with van der Waals surface area (Å²) in [5.41, 5.74) is 6.24. The van der Waals surface area contributed by atoms with Crippen LogP contribution in [-0.4, -0.2) is 143 Å². The van der Waals surface area contributed by atoms with Gasteiger partial charge < -0.3 is 60.4 Å². The van der Waals surface area contributed by atoms with Crippen molar-refractivity contribution in [3.05, 3.63) is 45.2 Å². The number of tetrazole rings is 1. The van der Waals surface area contributed by atoms with E-state index in [-0.39, 0.29) is 86.4 Å². The Balaban J connectivity index is 0.00000336. The maximum atomic E-state index is 13.7. The number of anilines is 1. The molecule has 0 unspecified atom stereocenters. The number of β-lactam (4-membered cyclic amide) rings is 1. The zero-order valence-electron chi connectivity index (χ0n) is 29.4. The molecule has 3 aliphatic rings. The number of piperazine rings is 1. The molecule has 280 valence electrons. The molecule has 2 saturated heterocycles. The number of rotatable bonds is 12. The fraction of sp³-hybridized carbons (Fsp3) is 0.379. The van der Waals surface area contributed by atoms with Crippen LogP contribution in [0.25, 0.3) is 5.70 Å². The Morgan fingerprint density at radius 1 is 1.22 bits per heavy atom. The number of thiazole rings is 1. The van der Waals surface area contributed by atoms with Gasteiger partial charge in [0.15, 0.2) is 28.4 Å². The number of phenolic OH excluding ortho intramolecular Hbond substituents is 2. The van der Waals surface area contributed by atoms with Gasteiger partial charge in [0.1, 0.15) is 23.7 Å². The van der Waals surface area contributed by atoms with Gasteiger partial charge in [-0.2, -0.15) is 5.21 Å². The van der Waals surface area contributed by atoms with Gasteiger partial charge in [-0.15, -0.1) is 23.1 Å². The molecule has 2 fully saturated rings. The second-order valence-electron chi connectivity index (χ2n) is 12.3. The van der Waals surface area contributed by atoms with E-state index < -0.39 is 70.8 Å². The molecule has 0 aliphatic carbocycles. The first-order valence-electron chi connectivity index (χ1n) is 15.5. The van der Waals surface area contributed by atoms with Gasteiger partial charge in [0.25, 0.3) is 17.7 Å². The number of nitrogens with two attached hydrogens (primary N) is 1. The molecule has 26 heteroatoms. The molecule has 0 saturated carbocycles. The number of phenols is 2. The zero-order valence-corrected chi connectivity index (χ0v) is 35.8. The Morgan fingerprint density at radius 3 is 2.53 bits per heavy atom. The van der Waals surface area contributed by atoms with Gasteiger partial charge >= 0.3 is 59.1 Å². The van der Waals surface area contributed by atoms with Gasteiger partial charge in [0.2, 0.25) is 0 Å². The first kappa shape index (κ1) is 44.2. The Morgan fingerprint density at radius 2 is 1.93 bits per heavy atom. The molecule has 3 amide bonds. The molecule has 3 atom stereocenters. The van der Waals surface area contributed by atoms with Crippen LogP contribution in [0.3, 0.4) is 0 Å². The number of hydrogen-bond donors (Lipinski definition) is 4. The van der Waals surface area contributed by atoms with E-state index >= 15 is 0 Å². The molecule has 0 radical (unpaired) electrons. The average Bonchev–Trinajstić information content (AvgIpc) is 3.81. The number of carboxylic acids is 2. The van der Waals surface area contributed by atoms with Crippen LogP contribution in [-0.2, 0) is 24.0 Å². The number of oxime groups is 1. The number of nitrogen functional groups attached to an aromatic ring is 1. The topological polar surface area (TPSA) is 304 Å². The molecular formula is C29H28ClN11Na2O10S2. The van der Waals surface area contributed by atoms with E-state index in [1.54, 1.807) is 4.90 Å². The number of likely N-dealkylation sites (N-methyl/N-ethyl adjacent to an activating group) is 1.